The van der Waals surface area contributed by atoms with Crippen LogP contribution in [0.2, 0.25) is 0 Å². The molecule has 0 aliphatic rings. The topological polar surface area (TPSA) is 123 Å². The van der Waals surface area contributed by atoms with Gasteiger partial charge in [0.15, 0.2) is 6.29 Å². The number of aromatic carboxylic acids is 1. The smallest absolute Gasteiger partial charge is 0.349 e. The molecule has 2 aromatic carbocycles. The molecule has 0 saturated heterocycles. The molecule has 1 heterocycles. The van der Waals surface area contributed by atoms with E-state index >= 15 is 0 Å². The molecular weight excluding hydrogens is 354 g/mol. The van der Waals surface area contributed by atoms with Crippen molar-refractivity contribution in [3.05, 3.63) is 69.6 Å². The number of para-hydroxylation sites is 1. The fraction of sp³-hybridized carbons (Fsp3) is 0.0526. The van der Waals surface area contributed by atoms with Gasteiger partial charge in [-0.15, -0.1) is 0 Å². The highest BCUT2D eigenvalue weighted by Gasteiger charge is 2.18. The maximum absolute atomic E-state index is 12.5. The molecule has 0 aliphatic heterocycles. The number of nitrogens with one attached hydrogen (secondary N) is 1. The van der Waals surface area contributed by atoms with Crippen molar-refractivity contribution in [3.8, 4) is 5.75 Å². The molecule has 3 rings (SSSR count). The third-order valence-corrected chi connectivity index (χ3v) is 3.86. The number of fused-ring (bicyclic) bond motifs is 1. The molecule has 0 unspecified atom stereocenters. The number of hydrogen-bond donors (Lipinski definition) is 2. The van der Waals surface area contributed by atoms with Crippen molar-refractivity contribution in [1.82, 2.24) is 0 Å². The molecule has 0 spiro atoms. The average Bonchev–Trinajstić information content (AvgIpc) is 2.66. The van der Waals surface area contributed by atoms with Gasteiger partial charge in [-0.2, -0.15) is 0 Å². The summed E-state index contributed by atoms with van der Waals surface area (Å²) in [5.41, 5.74) is -0.952. The zero-order valence-electron chi connectivity index (χ0n) is 14.0. The van der Waals surface area contributed by atoms with Crippen molar-refractivity contribution in [2.45, 2.75) is 0 Å². The molecule has 0 fully saturated rings. The Hall–Kier alpha value is -3.94. The SMILES string of the molecule is COc1cc2oc(=O)c(C(=O)Nc3ccccc3C(=O)O)cc2cc1C=O. The quantitative estimate of drug-likeness (QED) is 0.525. The summed E-state index contributed by atoms with van der Waals surface area (Å²) in [4.78, 5) is 47.0. The number of anilines is 1. The van der Waals surface area contributed by atoms with Gasteiger partial charge in [-0.05, 0) is 24.3 Å². The molecule has 1 amide bonds. The minimum atomic E-state index is -1.22. The van der Waals surface area contributed by atoms with Crippen molar-refractivity contribution in [1.29, 1.82) is 0 Å². The highest BCUT2D eigenvalue weighted by molar-refractivity contribution is 6.08. The Labute approximate surface area is 152 Å². The lowest BCUT2D eigenvalue weighted by Gasteiger charge is -2.09. The van der Waals surface area contributed by atoms with Gasteiger partial charge in [0.2, 0.25) is 0 Å². The van der Waals surface area contributed by atoms with E-state index in [4.69, 9.17) is 9.15 Å². The lowest BCUT2D eigenvalue weighted by molar-refractivity contribution is 0.0698. The van der Waals surface area contributed by atoms with Gasteiger partial charge < -0.3 is 19.6 Å². The molecule has 136 valence electrons. The number of aldehydes is 1. The first-order valence-electron chi connectivity index (χ1n) is 7.69. The van der Waals surface area contributed by atoms with Crippen LogP contribution in [0.3, 0.4) is 0 Å². The van der Waals surface area contributed by atoms with Crippen LogP contribution in [0.15, 0.2) is 51.7 Å². The summed E-state index contributed by atoms with van der Waals surface area (Å²) in [6, 6.07) is 9.86. The molecule has 2 N–H and O–H groups in total. The Morgan fingerprint density at radius 1 is 1.15 bits per heavy atom. The van der Waals surface area contributed by atoms with Crippen molar-refractivity contribution >= 4 is 34.8 Å². The number of methoxy groups -OCH3 is 1. The van der Waals surface area contributed by atoms with E-state index in [-0.39, 0.29) is 33.7 Å². The standard InChI is InChI=1S/C19H13NO7/c1-26-15-8-16-10(6-11(15)9-21)7-13(19(25)27-16)17(22)20-14-5-3-2-4-12(14)18(23)24/h2-9H,1H3,(H,20,22)(H,23,24). The molecule has 0 saturated carbocycles. The highest BCUT2D eigenvalue weighted by atomic mass is 16.5. The summed E-state index contributed by atoms with van der Waals surface area (Å²) in [5, 5.41) is 11.9. The van der Waals surface area contributed by atoms with Crippen molar-refractivity contribution in [2.24, 2.45) is 0 Å². The predicted octanol–water partition coefficient (Wildman–Crippen LogP) is 2.56. The maximum Gasteiger partial charge on any atom is 0.349 e. The van der Waals surface area contributed by atoms with Gasteiger partial charge in [-0.1, -0.05) is 12.1 Å². The largest absolute Gasteiger partial charge is 0.496 e. The number of benzene rings is 2. The van der Waals surface area contributed by atoms with E-state index < -0.39 is 17.5 Å². The second-order valence-electron chi connectivity index (χ2n) is 5.50. The highest BCUT2D eigenvalue weighted by Crippen LogP contribution is 2.25. The first kappa shape index (κ1) is 17.9. The average molecular weight is 367 g/mol. The van der Waals surface area contributed by atoms with Gasteiger partial charge >= 0.3 is 11.6 Å². The van der Waals surface area contributed by atoms with Crippen LogP contribution in [-0.4, -0.2) is 30.4 Å². The minimum Gasteiger partial charge on any atom is -0.496 e. The molecule has 8 heteroatoms. The first-order chi connectivity index (χ1) is 12.9. The summed E-state index contributed by atoms with van der Waals surface area (Å²) in [6.07, 6.45) is 0.576. The Kier molecular flexibility index (Phi) is 4.71. The van der Waals surface area contributed by atoms with E-state index in [0.717, 1.165) is 0 Å². The van der Waals surface area contributed by atoms with Gasteiger partial charge in [0.25, 0.3) is 5.91 Å². The van der Waals surface area contributed by atoms with Crippen LogP contribution in [0.4, 0.5) is 5.69 Å². The molecule has 0 radical (unpaired) electrons. The van der Waals surface area contributed by atoms with E-state index in [9.17, 15) is 24.3 Å². The van der Waals surface area contributed by atoms with Gasteiger partial charge in [-0.25, -0.2) is 9.59 Å². The van der Waals surface area contributed by atoms with Gasteiger partial charge in [-0.3, -0.25) is 9.59 Å². The Morgan fingerprint density at radius 3 is 2.56 bits per heavy atom. The summed E-state index contributed by atoms with van der Waals surface area (Å²) < 4.78 is 10.2. The number of amides is 1. The van der Waals surface area contributed by atoms with Crippen LogP contribution in [0.25, 0.3) is 11.0 Å². The van der Waals surface area contributed by atoms with E-state index in [1.54, 1.807) is 6.07 Å². The van der Waals surface area contributed by atoms with Crippen molar-refractivity contribution in [2.75, 3.05) is 12.4 Å². The van der Waals surface area contributed by atoms with Gasteiger partial charge in [0, 0.05) is 11.5 Å². The third kappa shape index (κ3) is 3.40. The molecule has 0 atom stereocenters. The Balaban J connectivity index is 2.05. The minimum absolute atomic E-state index is 0.0396. The van der Waals surface area contributed by atoms with Gasteiger partial charge in [0.1, 0.15) is 16.9 Å². The fourth-order valence-electron chi connectivity index (χ4n) is 2.56. The van der Waals surface area contributed by atoms with Crippen molar-refractivity contribution in [3.63, 3.8) is 0 Å². The molecule has 3 aromatic rings. The van der Waals surface area contributed by atoms with E-state index in [1.807, 2.05) is 0 Å². The molecule has 8 nitrogen and oxygen atoms in total. The molecule has 0 aliphatic carbocycles. The Bertz CT molecular complexity index is 1130. The number of rotatable bonds is 5. The van der Waals surface area contributed by atoms with Crippen LogP contribution in [0, 0.1) is 0 Å². The third-order valence-electron chi connectivity index (χ3n) is 3.86. The van der Waals surface area contributed by atoms with Gasteiger partial charge in [0.05, 0.1) is 23.9 Å². The van der Waals surface area contributed by atoms with Crippen LogP contribution in [0.5, 0.6) is 5.75 Å². The second kappa shape index (κ2) is 7.12. The molecular formula is C19H13NO7. The summed E-state index contributed by atoms with van der Waals surface area (Å²) in [5.74, 6) is -1.82. The zero-order valence-corrected chi connectivity index (χ0v) is 14.0. The monoisotopic (exact) mass is 367 g/mol. The molecule has 27 heavy (non-hydrogen) atoms. The fourth-order valence-corrected chi connectivity index (χ4v) is 2.56. The number of hydrogen-bond acceptors (Lipinski definition) is 6. The van der Waals surface area contributed by atoms with Crippen LogP contribution >= 0.6 is 0 Å². The lowest BCUT2D eigenvalue weighted by Crippen LogP contribution is -2.21. The van der Waals surface area contributed by atoms with E-state index in [2.05, 4.69) is 5.32 Å². The van der Waals surface area contributed by atoms with E-state index in [1.165, 1.54) is 43.5 Å². The normalized spacial score (nSPS) is 10.4. The number of carboxylic acids is 1. The summed E-state index contributed by atoms with van der Waals surface area (Å²) in [6.45, 7) is 0. The first-order valence-corrected chi connectivity index (χ1v) is 7.69. The van der Waals surface area contributed by atoms with E-state index in [0.29, 0.717) is 11.7 Å². The van der Waals surface area contributed by atoms with Crippen LogP contribution < -0.4 is 15.7 Å². The second-order valence-corrected chi connectivity index (χ2v) is 5.50. The number of carboxylic acid groups (broad SMARTS) is 1. The molecule has 0 bridgehead atoms. The number of ether oxygens (including phenoxy) is 1. The summed E-state index contributed by atoms with van der Waals surface area (Å²) >= 11 is 0. The zero-order chi connectivity index (χ0) is 19.6. The van der Waals surface area contributed by atoms with Crippen molar-refractivity contribution < 1.29 is 28.6 Å². The van der Waals surface area contributed by atoms with Crippen LogP contribution in [-0.2, 0) is 0 Å². The molecule has 1 aromatic heterocycles. The number of carbonyl (C=O) groups is 3. The number of carbonyl (C=O) groups excluding carboxylic acids is 2. The Morgan fingerprint density at radius 2 is 1.89 bits per heavy atom. The van der Waals surface area contributed by atoms with Crippen LogP contribution in [0.1, 0.15) is 31.1 Å². The maximum atomic E-state index is 12.5. The summed E-state index contributed by atoms with van der Waals surface area (Å²) in [7, 11) is 1.37. The lowest BCUT2D eigenvalue weighted by atomic mass is 10.1. The predicted molar refractivity (Wildman–Crippen MR) is 95.8 cm³/mol.